The lowest BCUT2D eigenvalue weighted by Gasteiger charge is -2.49. The molecule has 5 rings (SSSR count). The number of oxime groups is 1. The number of aromatic hydroxyl groups is 2. The van der Waals surface area contributed by atoms with Crippen molar-refractivity contribution in [2.24, 2.45) is 5.16 Å². The lowest BCUT2D eigenvalue weighted by Crippen LogP contribution is -2.71. The average molecular weight is 730 g/mol. The molecule has 2 aliphatic heterocycles. The summed E-state index contributed by atoms with van der Waals surface area (Å²) in [6.07, 6.45) is 1.45. The van der Waals surface area contributed by atoms with Crippen LogP contribution in [0.15, 0.2) is 57.3 Å². The number of carbonyl (C=O) groups is 4. The normalized spacial score (nSPS) is 18.2. The summed E-state index contributed by atoms with van der Waals surface area (Å²) in [5.41, 5.74) is 17.4. The quantitative estimate of drug-likeness (QED) is 0.0322. The van der Waals surface area contributed by atoms with Crippen molar-refractivity contribution >= 4 is 81.1 Å². The number of anilines is 3. The second kappa shape index (κ2) is 14.3. The number of benzene rings is 1. The van der Waals surface area contributed by atoms with Crippen LogP contribution in [-0.2, 0) is 24.0 Å². The van der Waals surface area contributed by atoms with Crippen LogP contribution >= 0.6 is 34.9 Å². The predicted octanol–water partition coefficient (Wildman–Crippen LogP) is 1.03. The number of allylic oxidation sites excluding steroid dienone is 1. The first kappa shape index (κ1) is 34.8. The molecule has 0 unspecified atom stereocenters. The lowest BCUT2D eigenvalue weighted by atomic mass is 10.0. The Balaban J connectivity index is 1.31. The van der Waals surface area contributed by atoms with Gasteiger partial charge in [0, 0.05) is 28.0 Å². The third-order valence-electron chi connectivity index (χ3n) is 7.07. The predicted molar refractivity (Wildman–Crippen MR) is 179 cm³/mol. The first-order chi connectivity index (χ1) is 23.3. The number of carbonyl (C=O) groups excluding carboxylic acids is 2. The largest absolute Gasteiger partial charge is 0.504 e. The first-order valence-electron chi connectivity index (χ1n) is 13.9. The third kappa shape index (κ3) is 7.32. The van der Waals surface area contributed by atoms with Crippen molar-refractivity contribution in [1.82, 2.24) is 25.2 Å². The number of rotatable bonds is 12. The number of hydrogen-bond donors (Lipinski definition) is 8. The van der Waals surface area contributed by atoms with Crippen LogP contribution in [0.4, 0.5) is 16.8 Å². The molecule has 256 valence electrons. The van der Waals surface area contributed by atoms with Crippen LogP contribution in [-0.4, -0.2) is 92.7 Å². The number of hydrogen-bond acceptors (Lipinski definition) is 17. The van der Waals surface area contributed by atoms with Crippen LogP contribution in [0.3, 0.4) is 0 Å². The molecule has 0 aliphatic carbocycles. The van der Waals surface area contributed by atoms with E-state index < -0.39 is 58.5 Å². The summed E-state index contributed by atoms with van der Waals surface area (Å²) in [5.74, 6) is -4.63. The number of phenolic OH excluding ortho intramolecular Hbond substituents is 2. The number of nitrogens with zero attached hydrogens (tertiary/aromatic N) is 5. The third-order valence-corrected chi connectivity index (χ3v) is 9.85. The van der Waals surface area contributed by atoms with Crippen molar-refractivity contribution < 1.29 is 44.4 Å². The fraction of sp³-hybridized carbons (Fsp3) is 0.214. The van der Waals surface area contributed by atoms with Gasteiger partial charge < -0.3 is 47.8 Å². The van der Waals surface area contributed by atoms with E-state index in [0.717, 1.165) is 28.4 Å². The van der Waals surface area contributed by atoms with Crippen LogP contribution in [0.25, 0.3) is 0 Å². The molecule has 1 aromatic carbocycles. The van der Waals surface area contributed by atoms with Gasteiger partial charge in [-0.3, -0.25) is 14.5 Å². The number of nitrogen functional groups attached to an aromatic ring is 3. The second-order valence-corrected chi connectivity index (χ2v) is 13.2. The fourth-order valence-electron chi connectivity index (χ4n) is 4.55. The van der Waals surface area contributed by atoms with E-state index in [0.29, 0.717) is 22.0 Å². The molecule has 0 spiro atoms. The Labute approximate surface area is 288 Å². The minimum atomic E-state index is -1.83. The fourth-order valence-corrected chi connectivity index (χ4v) is 7.08. The van der Waals surface area contributed by atoms with E-state index in [9.17, 15) is 39.6 Å². The number of fused-ring (bicyclic) bond motifs is 1. The van der Waals surface area contributed by atoms with Gasteiger partial charge in [0.15, 0.2) is 27.5 Å². The van der Waals surface area contributed by atoms with Gasteiger partial charge in [-0.1, -0.05) is 35.1 Å². The number of phenols is 2. The highest BCUT2D eigenvalue weighted by molar-refractivity contribution is 8.00. The number of nitrogens with two attached hydrogens (primary N) is 3. The molecule has 4 heterocycles. The number of aliphatic carboxylic acids is 2. The Hall–Kier alpha value is -5.54. The number of thioether (sulfide) groups is 2. The highest BCUT2D eigenvalue weighted by atomic mass is 32.2. The van der Waals surface area contributed by atoms with Crippen LogP contribution in [0.2, 0.25) is 0 Å². The molecule has 2 amide bonds. The van der Waals surface area contributed by atoms with Crippen molar-refractivity contribution in [1.29, 1.82) is 0 Å². The molecule has 21 heteroatoms. The Morgan fingerprint density at radius 3 is 2.49 bits per heavy atom. The zero-order valence-electron chi connectivity index (χ0n) is 25.1. The van der Waals surface area contributed by atoms with E-state index >= 15 is 0 Å². The molecule has 0 saturated carbocycles. The van der Waals surface area contributed by atoms with E-state index in [4.69, 9.17) is 22.0 Å². The molecule has 0 radical (unpaired) electrons. The van der Waals surface area contributed by atoms with E-state index in [1.54, 1.807) is 19.1 Å². The molecule has 2 aromatic heterocycles. The number of β-lactam (4-membered cyclic amide) rings is 1. The van der Waals surface area contributed by atoms with Gasteiger partial charge in [-0.2, -0.15) is 0 Å². The number of nitrogens with one attached hydrogen (secondary N) is 1. The monoisotopic (exact) mass is 729 g/mol. The summed E-state index contributed by atoms with van der Waals surface area (Å²) in [7, 11) is 0. The number of carboxylic acids is 2. The molecule has 1 saturated heterocycles. The van der Waals surface area contributed by atoms with Gasteiger partial charge in [0.2, 0.25) is 6.10 Å². The summed E-state index contributed by atoms with van der Waals surface area (Å²) in [6.45, 7) is 1.70. The zero-order valence-corrected chi connectivity index (χ0v) is 27.6. The minimum absolute atomic E-state index is 0.0531. The summed E-state index contributed by atoms with van der Waals surface area (Å²) in [6, 6.07) is 2.00. The van der Waals surface area contributed by atoms with Crippen LogP contribution in [0, 0.1) is 6.92 Å². The van der Waals surface area contributed by atoms with Crippen LogP contribution in [0.1, 0.15) is 22.9 Å². The summed E-state index contributed by atoms with van der Waals surface area (Å²) < 4.78 is 0. The number of thiazole rings is 1. The summed E-state index contributed by atoms with van der Waals surface area (Å²) >= 11 is 3.40. The van der Waals surface area contributed by atoms with Gasteiger partial charge in [-0.05, 0) is 24.6 Å². The van der Waals surface area contributed by atoms with Gasteiger partial charge in [0.05, 0.1) is 0 Å². The molecule has 2 aliphatic rings. The van der Waals surface area contributed by atoms with Gasteiger partial charge in [-0.25, -0.2) is 24.5 Å². The van der Waals surface area contributed by atoms with Gasteiger partial charge in [0.1, 0.15) is 34.4 Å². The Morgan fingerprint density at radius 2 is 1.88 bits per heavy atom. The minimum Gasteiger partial charge on any atom is -0.504 e. The average Bonchev–Trinajstić information content (AvgIpc) is 3.48. The van der Waals surface area contributed by atoms with Crippen LogP contribution < -0.4 is 22.5 Å². The lowest BCUT2D eigenvalue weighted by molar-refractivity contribution is -0.151. The van der Waals surface area contributed by atoms with Gasteiger partial charge in [0.25, 0.3) is 11.8 Å². The second-order valence-electron chi connectivity index (χ2n) is 10.2. The Kier molecular flexibility index (Phi) is 10.1. The molecule has 0 bridgehead atoms. The Morgan fingerprint density at radius 1 is 1.16 bits per heavy atom. The molecule has 18 nitrogen and oxygen atoms in total. The van der Waals surface area contributed by atoms with E-state index in [2.05, 4.69) is 25.4 Å². The standard InChI is InChI=1S/C28H27N9O9S3/c1-10-20(29)34-28(35-21(10)30)47-6-2-3-12-8-48-24-17(23(41)37(24)18(12)25(42)43)33-22(40)16(13-9-49-27(31)32-13)36-46-19(26(44)45)11-4-5-14(38)15(39)7-11/h2-5,7,9,17,19,24,38-39H,6,8H2,1H3,(H2,31,32)(H,33,40)(H,42,43)(H,44,45)(H4,29,30,34,35)/b3-2+,36-16-/t17-,19+,24-/m1/s1. The topological polar surface area (TPSA) is 303 Å². The molecular weight excluding hydrogens is 703 g/mol. The van der Waals surface area contributed by atoms with E-state index in [1.807, 2.05) is 0 Å². The van der Waals surface area contributed by atoms with Crippen molar-refractivity contribution in [3.8, 4) is 11.5 Å². The van der Waals surface area contributed by atoms with Crippen molar-refractivity contribution in [3.63, 3.8) is 0 Å². The molecular formula is C28H27N9O9S3. The van der Waals surface area contributed by atoms with Crippen molar-refractivity contribution in [2.45, 2.75) is 29.6 Å². The number of aromatic nitrogens is 3. The van der Waals surface area contributed by atoms with E-state index in [-0.39, 0.29) is 39.5 Å². The molecule has 49 heavy (non-hydrogen) atoms. The number of carboxylic acid groups (broad SMARTS) is 2. The first-order valence-corrected chi connectivity index (χ1v) is 16.8. The summed E-state index contributed by atoms with van der Waals surface area (Å²) in [5, 5.41) is 46.3. The molecule has 3 atom stereocenters. The highest BCUT2D eigenvalue weighted by Gasteiger charge is 2.54. The molecule has 3 aromatic rings. The summed E-state index contributed by atoms with van der Waals surface area (Å²) in [4.78, 5) is 69.6. The maximum absolute atomic E-state index is 13.5. The molecule has 11 N–H and O–H groups in total. The SMILES string of the molecule is Cc1c(N)nc(SC/C=C/C2=C(C(=O)O)N3C(=O)[C@@H](NC(=O)/C(=N\O[C@H](C(=O)O)c4ccc(O)c(O)c4)c4csc(N)n4)[C@H]3SC2)nc1N. The Bertz CT molecular complexity index is 1930. The van der Waals surface area contributed by atoms with Crippen LogP contribution in [0.5, 0.6) is 11.5 Å². The number of amides is 2. The highest BCUT2D eigenvalue weighted by Crippen LogP contribution is 2.41. The van der Waals surface area contributed by atoms with E-state index in [1.165, 1.54) is 35.0 Å². The maximum Gasteiger partial charge on any atom is 0.352 e. The smallest absolute Gasteiger partial charge is 0.352 e. The molecule has 1 fully saturated rings. The van der Waals surface area contributed by atoms with Crippen molar-refractivity contribution in [2.75, 3.05) is 28.7 Å². The zero-order chi connectivity index (χ0) is 35.6. The van der Waals surface area contributed by atoms with Crippen molar-refractivity contribution in [3.05, 3.63) is 63.8 Å². The maximum atomic E-state index is 13.5. The van der Waals surface area contributed by atoms with Gasteiger partial charge in [-0.15, -0.1) is 23.1 Å². The van der Waals surface area contributed by atoms with Gasteiger partial charge >= 0.3 is 11.9 Å².